The molecule has 10 aromatic carbocycles. The van der Waals surface area contributed by atoms with E-state index in [0.717, 1.165) is 99.7 Å². The number of para-hydroxylation sites is 6. The van der Waals surface area contributed by atoms with Crippen LogP contribution in [-0.2, 0) is 0 Å². The molecule has 0 saturated carbocycles. The van der Waals surface area contributed by atoms with Crippen LogP contribution in [0.25, 0.3) is 104 Å². The lowest BCUT2D eigenvalue weighted by Gasteiger charge is -2.31. The van der Waals surface area contributed by atoms with Gasteiger partial charge in [-0.15, -0.1) is 0 Å². The molecule has 0 bridgehead atoms. The first-order valence-corrected chi connectivity index (χ1v) is 21.1. The van der Waals surface area contributed by atoms with Crippen molar-refractivity contribution >= 4 is 93.5 Å². The molecule has 0 atom stereocenters. The van der Waals surface area contributed by atoms with Crippen molar-refractivity contribution in [3.05, 3.63) is 218 Å². The number of fused-ring (bicyclic) bond motifs is 10. The van der Waals surface area contributed by atoms with E-state index in [1.54, 1.807) is 0 Å². The molecule has 0 aliphatic heterocycles. The molecule has 13 rings (SSSR count). The van der Waals surface area contributed by atoms with Crippen LogP contribution >= 0.6 is 0 Å². The van der Waals surface area contributed by atoms with Crippen LogP contribution < -0.4 is 4.90 Å². The summed E-state index contributed by atoms with van der Waals surface area (Å²) in [7, 11) is 0. The molecular formula is C58H36N2O2. The first kappa shape index (κ1) is 34.5. The standard InChI is InChI=1S/C58H36N2O2/c1-2-17-40-37(15-1)16-13-28-49(40)60(52-27-10-5-20-43(52)46-23-14-24-47-44-21-6-11-29-54(44)61-57(46)47)53-36-35-48-45-22-7-12-30-55(45)62-58(48)56(53)38-31-33-39(34-32-38)59-50-25-8-3-18-41(50)42-19-4-9-26-51(42)59/h1-36H. The number of furan rings is 2. The van der Waals surface area contributed by atoms with Crippen molar-refractivity contribution < 1.29 is 8.83 Å². The number of benzene rings is 10. The molecule has 0 spiro atoms. The monoisotopic (exact) mass is 792 g/mol. The maximum atomic E-state index is 6.97. The zero-order valence-corrected chi connectivity index (χ0v) is 33.5. The fourth-order valence-electron chi connectivity index (χ4n) is 9.87. The summed E-state index contributed by atoms with van der Waals surface area (Å²) < 4.78 is 16.0. The first-order valence-electron chi connectivity index (χ1n) is 21.1. The SMILES string of the molecule is c1ccc(N(c2ccc3c(oc4ccccc43)c2-c2ccc(-n3c4ccccc4c4ccccc43)cc2)c2cccc3ccccc23)c(-c2cccc3c2oc2ccccc23)c1. The Morgan fingerprint density at radius 1 is 0.323 bits per heavy atom. The minimum absolute atomic E-state index is 0.843. The van der Waals surface area contributed by atoms with E-state index in [2.05, 4.69) is 216 Å². The molecule has 0 fully saturated rings. The lowest BCUT2D eigenvalue weighted by molar-refractivity contribution is 0.669. The minimum Gasteiger partial charge on any atom is -0.455 e. The van der Waals surface area contributed by atoms with Crippen molar-refractivity contribution in [1.29, 1.82) is 0 Å². The Bertz CT molecular complexity index is 3830. The van der Waals surface area contributed by atoms with Gasteiger partial charge in [-0.2, -0.15) is 0 Å². The average molecular weight is 793 g/mol. The Kier molecular flexibility index (Phi) is 7.57. The number of hydrogen-bond acceptors (Lipinski definition) is 3. The van der Waals surface area contributed by atoms with Gasteiger partial charge in [0.1, 0.15) is 22.3 Å². The van der Waals surface area contributed by atoms with Gasteiger partial charge in [0.05, 0.1) is 28.1 Å². The predicted molar refractivity (Wildman–Crippen MR) is 258 cm³/mol. The molecule has 0 amide bonds. The Balaban J connectivity index is 1.10. The highest BCUT2D eigenvalue weighted by molar-refractivity contribution is 6.16. The van der Waals surface area contributed by atoms with Gasteiger partial charge >= 0.3 is 0 Å². The Labute approximate surface area is 356 Å². The van der Waals surface area contributed by atoms with Gasteiger partial charge in [-0.25, -0.2) is 0 Å². The molecule has 0 radical (unpaired) electrons. The van der Waals surface area contributed by atoms with E-state index < -0.39 is 0 Å². The zero-order valence-electron chi connectivity index (χ0n) is 33.5. The molecule has 3 heterocycles. The molecule has 13 aromatic rings. The lowest BCUT2D eigenvalue weighted by atomic mass is 9.95. The molecule has 62 heavy (non-hydrogen) atoms. The van der Waals surface area contributed by atoms with E-state index >= 15 is 0 Å². The van der Waals surface area contributed by atoms with Gasteiger partial charge in [0.15, 0.2) is 0 Å². The van der Waals surface area contributed by atoms with E-state index in [4.69, 9.17) is 8.83 Å². The summed E-state index contributed by atoms with van der Waals surface area (Å²) >= 11 is 0. The second-order valence-corrected chi connectivity index (χ2v) is 16.0. The topological polar surface area (TPSA) is 34.5 Å². The summed E-state index contributed by atoms with van der Waals surface area (Å²) in [5.41, 5.74) is 14.1. The molecular weight excluding hydrogens is 757 g/mol. The Morgan fingerprint density at radius 2 is 0.839 bits per heavy atom. The molecule has 0 unspecified atom stereocenters. The third kappa shape index (κ3) is 5.14. The number of anilines is 3. The largest absolute Gasteiger partial charge is 0.455 e. The zero-order chi connectivity index (χ0) is 40.7. The highest BCUT2D eigenvalue weighted by Crippen LogP contribution is 2.51. The van der Waals surface area contributed by atoms with Crippen molar-refractivity contribution in [2.24, 2.45) is 0 Å². The molecule has 3 aromatic heterocycles. The van der Waals surface area contributed by atoms with Crippen LogP contribution in [0.3, 0.4) is 0 Å². The molecule has 0 N–H and O–H groups in total. The first-order chi connectivity index (χ1) is 30.8. The van der Waals surface area contributed by atoms with Crippen molar-refractivity contribution in [2.75, 3.05) is 4.90 Å². The summed E-state index contributed by atoms with van der Waals surface area (Å²) in [4.78, 5) is 2.43. The van der Waals surface area contributed by atoms with Crippen LogP contribution in [0.5, 0.6) is 0 Å². The second kappa shape index (κ2) is 13.6. The second-order valence-electron chi connectivity index (χ2n) is 16.0. The van der Waals surface area contributed by atoms with Crippen LogP contribution in [0.4, 0.5) is 17.1 Å². The van der Waals surface area contributed by atoms with Gasteiger partial charge in [-0.1, -0.05) is 158 Å². The van der Waals surface area contributed by atoms with Crippen molar-refractivity contribution in [3.8, 4) is 27.9 Å². The van der Waals surface area contributed by atoms with Gasteiger partial charge in [0.2, 0.25) is 0 Å². The maximum Gasteiger partial charge on any atom is 0.145 e. The average Bonchev–Trinajstić information content (AvgIpc) is 4.02. The van der Waals surface area contributed by atoms with Gasteiger partial charge in [0, 0.05) is 60.1 Å². The predicted octanol–water partition coefficient (Wildman–Crippen LogP) is 16.5. The Morgan fingerprint density at radius 3 is 1.58 bits per heavy atom. The summed E-state index contributed by atoms with van der Waals surface area (Å²) in [5.74, 6) is 0. The van der Waals surface area contributed by atoms with Gasteiger partial charge in [-0.05, 0) is 71.6 Å². The van der Waals surface area contributed by atoms with Gasteiger partial charge < -0.3 is 18.3 Å². The molecule has 0 aliphatic rings. The summed E-state index contributed by atoms with van der Waals surface area (Å²) in [6.45, 7) is 0. The summed E-state index contributed by atoms with van der Waals surface area (Å²) in [6.07, 6.45) is 0. The van der Waals surface area contributed by atoms with Crippen LogP contribution in [-0.4, -0.2) is 4.57 Å². The summed E-state index contributed by atoms with van der Waals surface area (Å²) in [5, 5.41) is 9.15. The van der Waals surface area contributed by atoms with Crippen LogP contribution in [0, 0.1) is 0 Å². The third-order valence-electron chi connectivity index (χ3n) is 12.6. The maximum absolute atomic E-state index is 6.97. The highest BCUT2D eigenvalue weighted by Gasteiger charge is 2.27. The highest BCUT2D eigenvalue weighted by atomic mass is 16.3. The minimum atomic E-state index is 0.843. The van der Waals surface area contributed by atoms with Gasteiger partial charge in [-0.3, -0.25) is 0 Å². The smallest absolute Gasteiger partial charge is 0.145 e. The van der Waals surface area contributed by atoms with Crippen molar-refractivity contribution in [3.63, 3.8) is 0 Å². The number of aromatic nitrogens is 1. The molecule has 4 nitrogen and oxygen atoms in total. The summed E-state index contributed by atoms with van der Waals surface area (Å²) in [6, 6.07) is 77.9. The van der Waals surface area contributed by atoms with Gasteiger partial charge in [0.25, 0.3) is 0 Å². The number of rotatable bonds is 6. The van der Waals surface area contributed by atoms with E-state index in [1.807, 2.05) is 12.1 Å². The van der Waals surface area contributed by atoms with Crippen molar-refractivity contribution in [2.45, 2.75) is 0 Å². The van der Waals surface area contributed by atoms with Crippen LogP contribution in [0.2, 0.25) is 0 Å². The number of nitrogens with zero attached hydrogens (tertiary/aromatic N) is 2. The third-order valence-corrected chi connectivity index (χ3v) is 12.6. The fraction of sp³-hybridized carbons (Fsp3) is 0. The van der Waals surface area contributed by atoms with E-state index in [9.17, 15) is 0 Å². The molecule has 0 aliphatic carbocycles. The van der Waals surface area contributed by atoms with E-state index in [1.165, 1.54) is 21.8 Å². The Hall–Kier alpha value is -8.34. The van der Waals surface area contributed by atoms with E-state index in [0.29, 0.717) is 0 Å². The van der Waals surface area contributed by atoms with E-state index in [-0.39, 0.29) is 0 Å². The van der Waals surface area contributed by atoms with Crippen LogP contribution in [0.15, 0.2) is 227 Å². The molecule has 0 saturated heterocycles. The lowest BCUT2D eigenvalue weighted by Crippen LogP contribution is -2.13. The van der Waals surface area contributed by atoms with Crippen molar-refractivity contribution in [1.82, 2.24) is 4.57 Å². The quantitative estimate of drug-likeness (QED) is 0.168. The fourth-order valence-corrected chi connectivity index (χ4v) is 9.87. The van der Waals surface area contributed by atoms with Crippen LogP contribution in [0.1, 0.15) is 0 Å². The molecule has 4 heteroatoms. The normalized spacial score (nSPS) is 11.9. The molecule has 290 valence electrons. The number of hydrogen-bond donors (Lipinski definition) is 0.